The van der Waals surface area contributed by atoms with Crippen LogP contribution in [0.15, 0.2) is 18.2 Å². The summed E-state index contributed by atoms with van der Waals surface area (Å²) in [5.74, 6) is -1.26. The molecule has 0 bridgehead atoms. The van der Waals surface area contributed by atoms with Crippen molar-refractivity contribution in [3.8, 4) is 0 Å². The second-order valence-corrected chi connectivity index (χ2v) is 12.4. The zero-order valence-electron chi connectivity index (χ0n) is 26.2. The van der Waals surface area contributed by atoms with Crippen LogP contribution in [0.25, 0.3) is 0 Å². The summed E-state index contributed by atoms with van der Waals surface area (Å²) in [4.78, 5) is 54.6. The predicted octanol–water partition coefficient (Wildman–Crippen LogP) is 5.07. The van der Waals surface area contributed by atoms with E-state index in [1.807, 2.05) is 52.8 Å². The van der Waals surface area contributed by atoms with Crippen molar-refractivity contribution in [2.75, 3.05) is 0 Å². The van der Waals surface area contributed by atoms with Crippen molar-refractivity contribution >= 4 is 23.8 Å². The summed E-state index contributed by atoms with van der Waals surface area (Å²) in [5.41, 5.74) is 7.28. The lowest BCUT2D eigenvalue weighted by Gasteiger charge is -2.39. The summed E-state index contributed by atoms with van der Waals surface area (Å²) >= 11 is 0. The third-order valence-corrected chi connectivity index (χ3v) is 6.64. The van der Waals surface area contributed by atoms with Gasteiger partial charge in [0.2, 0.25) is 17.7 Å². The number of hydrogen-bond donors (Lipinski definition) is 3. The molecule has 9 nitrogen and oxygen atoms in total. The predicted molar refractivity (Wildman–Crippen MR) is 159 cm³/mol. The van der Waals surface area contributed by atoms with Crippen molar-refractivity contribution in [3.63, 3.8) is 0 Å². The summed E-state index contributed by atoms with van der Waals surface area (Å²) in [6, 6.07) is 3.00. The van der Waals surface area contributed by atoms with Crippen molar-refractivity contribution in [2.45, 2.75) is 131 Å². The monoisotopic (exact) mass is 560 g/mol. The first-order valence-electron chi connectivity index (χ1n) is 14.4. The van der Waals surface area contributed by atoms with E-state index in [9.17, 15) is 19.2 Å². The van der Waals surface area contributed by atoms with Crippen LogP contribution in [-0.2, 0) is 19.1 Å². The zero-order chi connectivity index (χ0) is 30.8. The average Bonchev–Trinajstić information content (AvgIpc) is 2.79. The van der Waals surface area contributed by atoms with Gasteiger partial charge in [0.05, 0.1) is 6.42 Å². The number of nitrogens with zero attached hydrogens (tertiary/aromatic N) is 1. The number of aryl methyl sites for hydroxylation is 2. The molecule has 4 amide bonds. The number of carbonyl (C=O) groups excluding carboxylic acids is 4. The lowest BCUT2D eigenvalue weighted by Crippen LogP contribution is -2.57. The van der Waals surface area contributed by atoms with Gasteiger partial charge in [0.25, 0.3) is 0 Å². The molecule has 9 heteroatoms. The van der Waals surface area contributed by atoms with E-state index in [1.54, 1.807) is 20.8 Å². The number of alkyl carbamates (subject to hydrolysis) is 1. The van der Waals surface area contributed by atoms with Crippen molar-refractivity contribution in [1.82, 2.24) is 15.5 Å². The molecule has 0 saturated heterocycles. The summed E-state index contributed by atoms with van der Waals surface area (Å²) in [6.07, 6.45) is 1.84. The largest absolute Gasteiger partial charge is 0.444 e. The number of hydrogen-bond acceptors (Lipinski definition) is 5. The van der Waals surface area contributed by atoms with Crippen LogP contribution >= 0.6 is 0 Å². The number of amides is 4. The van der Waals surface area contributed by atoms with E-state index in [0.717, 1.165) is 30.4 Å². The van der Waals surface area contributed by atoms with Crippen molar-refractivity contribution < 1.29 is 23.9 Å². The Morgan fingerprint density at radius 3 is 2.10 bits per heavy atom. The zero-order valence-corrected chi connectivity index (χ0v) is 26.2. The number of rotatable bonds is 14. The van der Waals surface area contributed by atoms with E-state index >= 15 is 0 Å². The smallest absolute Gasteiger partial charge is 0.408 e. The molecular weight excluding hydrogens is 508 g/mol. The molecule has 1 aromatic rings. The molecule has 4 unspecified atom stereocenters. The van der Waals surface area contributed by atoms with Gasteiger partial charge in [-0.1, -0.05) is 51.0 Å². The lowest BCUT2D eigenvalue weighted by atomic mass is 9.93. The maximum atomic E-state index is 14.3. The third kappa shape index (κ3) is 11.6. The fourth-order valence-electron chi connectivity index (χ4n) is 4.72. The Kier molecular flexibility index (Phi) is 13.6. The first kappa shape index (κ1) is 34.9. The van der Waals surface area contributed by atoms with Crippen LogP contribution in [0.1, 0.15) is 110 Å². The average molecular weight is 561 g/mol. The van der Waals surface area contributed by atoms with Crippen molar-refractivity contribution in [2.24, 2.45) is 11.7 Å². The van der Waals surface area contributed by atoms with Gasteiger partial charge in [-0.25, -0.2) is 4.79 Å². The molecular formula is C31H52N4O5. The SMILES string of the molecule is CCCC(C)NC(=O)C(c1ccc(C)cc1C)N(C(=O)C(CC(N)=O)NC(=O)OC(C)(C)C)C(C)CCC(C)C. The fourth-order valence-corrected chi connectivity index (χ4v) is 4.72. The molecule has 0 spiro atoms. The van der Waals surface area contributed by atoms with E-state index in [0.29, 0.717) is 17.9 Å². The van der Waals surface area contributed by atoms with Crippen LogP contribution in [0.5, 0.6) is 0 Å². The Bertz CT molecular complexity index is 1020. The Morgan fingerprint density at radius 2 is 1.60 bits per heavy atom. The molecule has 4 atom stereocenters. The van der Waals surface area contributed by atoms with Crippen LogP contribution in [0.3, 0.4) is 0 Å². The van der Waals surface area contributed by atoms with Crippen LogP contribution in [-0.4, -0.2) is 52.4 Å². The minimum Gasteiger partial charge on any atom is -0.444 e. The fraction of sp³-hybridized carbons (Fsp3) is 0.677. The van der Waals surface area contributed by atoms with Gasteiger partial charge < -0.3 is 26.0 Å². The van der Waals surface area contributed by atoms with Gasteiger partial charge in [0, 0.05) is 12.1 Å². The van der Waals surface area contributed by atoms with E-state index in [1.165, 1.54) is 4.90 Å². The molecule has 0 aliphatic rings. The van der Waals surface area contributed by atoms with Crippen LogP contribution in [0, 0.1) is 19.8 Å². The summed E-state index contributed by atoms with van der Waals surface area (Å²) in [5, 5.41) is 5.64. The number of carbonyl (C=O) groups is 4. The number of ether oxygens (including phenoxy) is 1. The lowest BCUT2D eigenvalue weighted by molar-refractivity contribution is -0.146. The standard InChI is InChI=1S/C31H52N4O5/c1-11-12-22(6)33-28(37)27(24-16-14-20(4)17-21(24)5)35(23(7)15-13-19(2)3)29(38)25(18-26(32)36)34-30(39)40-31(8,9)10/h14,16-17,19,22-23,25,27H,11-13,15,18H2,1-10H3,(H2,32,36)(H,33,37)(H,34,39). The number of benzene rings is 1. The quantitative estimate of drug-likeness (QED) is 0.292. The number of primary amides is 1. The Hall–Kier alpha value is -3.10. The molecule has 4 N–H and O–H groups in total. The molecule has 226 valence electrons. The maximum absolute atomic E-state index is 14.3. The number of nitrogens with two attached hydrogens (primary N) is 1. The summed E-state index contributed by atoms with van der Waals surface area (Å²) in [7, 11) is 0. The number of nitrogens with one attached hydrogen (secondary N) is 2. The van der Waals surface area contributed by atoms with Gasteiger partial charge in [-0.3, -0.25) is 14.4 Å². The molecule has 1 aromatic carbocycles. The second kappa shape index (κ2) is 15.6. The highest BCUT2D eigenvalue weighted by molar-refractivity contribution is 5.95. The van der Waals surface area contributed by atoms with E-state index in [-0.39, 0.29) is 18.0 Å². The van der Waals surface area contributed by atoms with Gasteiger partial charge in [-0.15, -0.1) is 0 Å². The van der Waals surface area contributed by atoms with Gasteiger partial charge in [0.15, 0.2) is 0 Å². The van der Waals surface area contributed by atoms with Crippen LogP contribution < -0.4 is 16.4 Å². The van der Waals surface area contributed by atoms with Gasteiger partial charge in [-0.05, 0) is 84.8 Å². The molecule has 0 aromatic heterocycles. The minimum absolute atomic E-state index is 0.102. The van der Waals surface area contributed by atoms with Gasteiger partial charge in [0.1, 0.15) is 17.7 Å². The maximum Gasteiger partial charge on any atom is 0.408 e. The molecule has 0 aliphatic carbocycles. The molecule has 0 heterocycles. The third-order valence-electron chi connectivity index (χ3n) is 6.64. The summed E-state index contributed by atoms with van der Waals surface area (Å²) < 4.78 is 5.37. The Labute approximate surface area is 241 Å². The van der Waals surface area contributed by atoms with Crippen molar-refractivity contribution in [3.05, 3.63) is 34.9 Å². The Balaban J connectivity index is 3.72. The first-order chi connectivity index (χ1) is 18.5. The first-order valence-corrected chi connectivity index (χ1v) is 14.4. The van der Waals surface area contributed by atoms with Gasteiger partial charge >= 0.3 is 6.09 Å². The summed E-state index contributed by atoms with van der Waals surface area (Å²) in [6.45, 7) is 19.1. The molecule has 0 radical (unpaired) electrons. The topological polar surface area (TPSA) is 131 Å². The molecule has 1 rings (SSSR count). The van der Waals surface area contributed by atoms with Crippen LogP contribution in [0.2, 0.25) is 0 Å². The van der Waals surface area contributed by atoms with Crippen molar-refractivity contribution in [1.29, 1.82) is 0 Å². The van der Waals surface area contributed by atoms with E-state index in [2.05, 4.69) is 24.5 Å². The normalized spacial score (nSPS) is 14.6. The molecule has 0 saturated carbocycles. The second-order valence-electron chi connectivity index (χ2n) is 12.4. The van der Waals surface area contributed by atoms with Gasteiger partial charge in [-0.2, -0.15) is 0 Å². The highest BCUT2D eigenvalue weighted by Crippen LogP contribution is 2.30. The van der Waals surface area contributed by atoms with Crippen LogP contribution in [0.4, 0.5) is 4.79 Å². The van der Waals surface area contributed by atoms with E-state index < -0.39 is 42.0 Å². The highest BCUT2D eigenvalue weighted by Gasteiger charge is 2.40. The molecule has 0 aliphatic heterocycles. The highest BCUT2D eigenvalue weighted by atomic mass is 16.6. The molecule has 0 fully saturated rings. The Morgan fingerprint density at radius 1 is 0.975 bits per heavy atom. The molecule has 40 heavy (non-hydrogen) atoms. The minimum atomic E-state index is -1.30. The van der Waals surface area contributed by atoms with E-state index in [4.69, 9.17) is 10.5 Å².